The van der Waals surface area contributed by atoms with E-state index in [-0.39, 0.29) is 5.82 Å². The van der Waals surface area contributed by atoms with Gasteiger partial charge in [-0.15, -0.1) is 0 Å². The molecule has 0 bridgehead atoms. The van der Waals surface area contributed by atoms with Gasteiger partial charge in [0.1, 0.15) is 5.82 Å². The molecule has 14 heavy (non-hydrogen) atoms. The number of hydrogen-bond acceptors (Lipinski definition) is 3. The van der Waals surface area contributed by atoms with Gasteiger partial charge in [-0.25, -0.2) is 4.39 Å². The van der Waals surface area contributed by atoms with Crippen molar-refractivity contribution in [3.05, 3.63) is 29.6 Å². The van der Waals surface area contributed by atoms with E-state index in [1.807, 2.05) is 0 Å². The number of thioether (sulfide) groups is 1. The van der Waals surface area contributed by atoms with Crippen LogP contribution in [0.2, 0.25) is 0 Å². The maximum Gasteiger partial charge on any atom is 0.129 e. The highest BCUT2D eigenvalue weighted by Crippen LogP contribution is 2.21. The Bertz CT molecular complexity index is 273. The highest BCUT2D eigenvalue weighted by Gasteiger charge is 2.05. The molecule has 0 aliphatic carbocycles. The van der Waals surface area contributed by atoms with Crippen LogP contribution in [0.1, 0.15) is 5.56 Å². The van der Waals surface area contributed by atoms with Crippen molar-refractivity contribution < 1.29 is 9.13 Å². The van der Waals surface area contributed by atoms with Gasteiger partial charge in [0.05, 0.1) is 6.61 Å². The summed E-state index contributed by atoms with van der Waals surface area (Å²) >= 11 is 1.61. The summed E-state index contributed by atoms with van der Waals surface area (Å²) in [5.74, 6) is 1.22. The van der Waals surface area contributed by atoms with Gasteiger partial charge in [-0.3, -0.25) is 0 Å². The van der Waals surface area contributed by atoms with Crippen molar-refractivity contribution in [2.45, 2.75) is 5.75 Å². The lowest BCUT2D eigenvalue weighted by atomic mass is 10.2. The predicted molar refractivity (Wildman–Crippen MR) is 58.9 cm³/mol. The summed E-state index contributed by atoms with van der Waals surface area (Å²) in [6.07, 6.45) is 0. The standard InChI is InChI=1S/C10H14FNOS/c1-13-5-6-14-7-8-9(11)3-2-4-10(8)12/h2-4H,5-7,12H2,1H3. The first kappa shape index (κ1) is 11.3. The number of rotatable bonds is 5. The Morgan fingerprint density at radius 1 is 1.50 bits per heavy atom. The quantitative estimate of drug-likeness (QED) is 0.604. The molecule has 0 aliphatic rings. The van der Waals surface area contributed by atoms with Crippen LogP contribution < -0.4 is 5.73 Å². The number of hydrogen-bond donors (Lipinski definition) is 1. The van der Waals surface area contributed by atoms with Crippen molar-refractivity contribution in [1.82, 2.24) is 0 Å². The van der Waals surface area contributed by atoms with Crippen molar-refractivity contribution >= 4 is 17.4 Å². The largest absolute Gasteiger partial charge is 0.398 e. The van der Waals surface area contributed by atoms with Crippen LogP contribution in [0.5, 0.6) is 0 Å². The number of anilines is 1. The number of nitrogens with two attached hydrogens (primary N) is 1. The van der Waals surface area contributed by atoms with E-state index in [1.54, 1.807) is 31.0 Å². The average Bonchev–Trinajstić information content (AvgIpc) is 2.16. The fraction of sp³-hybridized carbons (Fsp3) is 0.400. The van der Waals surface area contributed by atoms with Gasteiger partial charge in [-0.2, -0.15) is 11.8 Å². The molecule has 1 aromatic carbocycles. The molecule has 0 heterocycles. The van der Waals surface area contributed by atoms with Crippen molar-refractivity contribution in [3.63, 3.8) is 0 Å². The van der Waals surface area contributed by atoms with Crippen LogP contribution in [0.25, 0.3) is 0 Å². The maximum absolute atomic E-state index is 13.2. The van der Waals surface area contributed by atoms with Crippen molar-refractivity contribution in [3.8, 4) is 0 Å². The number of benzene rings is 1. The van der Waals surface area contributed by atoms with E-state index < -0.39 is 0 Å². The topological polar surface area (TPSA) is 35.2 Å². The molecular formula is C10H14FNOS. The van der Waals surface area contributed by atoms with Crippen LogP contribution in [-0.2, 0) is 10.5 Å². The molecule has 2 nitrogen and oxygen atoms in total. The van der Waals surface area contributed by atoms with E-state index in [0.29, 0.717) is 23.6 Å². The van der Waals surface area contributed by atoms with Crippen LogP contribution in [0.15, 0.2) is 18.2 Å². The van der Waals surface area contributed by atoms with Crippen molar-refractivity contribution in [2.75, 3.05) is 25.2 Å². The minimum absolute atomic E-state index is 0.227. The van der Waals surface area contributed by atoms with Crippen LogP contribution in [-0.4, -0.2) is 19.5 Å². The molecular weight excluding hydrogens is 201 g/mol. The Kier molecular flexibility index (Phi) is 4.76. The lowest BCUT2D eigenvalue weighted by molar-refractivity contribution is 0.218. The van der Waals surface area contributed by atoms with Gasteiger partial charge < -0.3 is 10.5 Å². The van der Waals surface area contributed by atoms with E-state index >= 15 is 0 Å². The zero-order valence-corrected chi connectivity index (χ0v) is 8.94. The summed E-state index contributed by atoms with van der Waals surface area (Å²) in [6, 6.07) is 4.77. The smallest absolute Gasteiger partial charge is 0.129 e. The van der Waals surface area contributed by atoms with Gasteiger partial charge >= 0.3 is 0 Å². The van der Waals surface area contributed by atoms with E-state index in [2.05, 4.69) is 0 Å². The van der Waals surface area contributed by atoms with Gasteiger partial charge in [0, 0.05) is 29.9 Å². The molecule has 0 aliphatic heterocycles. The van der Waals surface area contributed by atoms with Crippen molar-refractivity contribution in [1.29, 1.82) is 0 Å². The first-order chi connectivity index (χ1) is 6.75. The van der Waals surface area contributed by atoms with Gasteiger partial charge in [-0.1, -0.05) is 6.07 Å². The number of ether oxygens (including phenoxy) is 1. The zero-order chi connectivity index (χ0) is 10.4. The summed E-state index contributed by atoms with van der Waals surface area (Å²) in [5, 5.41) is 0. The Balaban J connectivity index is 2.49. The van der Waals surface area contributed by atoms with Gasteiger partial charge in [-0.05, 0) is 12.1 Å². The first-order valence-corrected chi connectivity index (χ1v) is 5.50. The molecule has 2 N–H and O–H groups in total. The van der Waals surface area contributed by atoms with E-state index in [1.165, 1.54) is 6.07 Å². The maximum atomic E-state index is 13.2. The Morgan fingerprint density at radius 2 is 2.29 bits per heavy atom. The SMILES string of the molecule is COCCSCc1c(N)cccc1F. The fourth-order valence-corrected chi connectivity index (χ4v) is 1.98. The summed E-state index contributed by atoms with van der Waals surface area (Å²) < 4.78 is 18.1. The van der Waals surface area contributed by atoms with Crippen molar-refractivity contribution in [2.24, 2.45) is 0 Å². The van der Waals surface area contributed by atoms with Crippen LogP contribution in [0.3, 0.4) is 0 Å². The molecule has 0 unspecified atom stereocenters. The second-order valence-corrected chi connectivity index (χ2v) is 3.96. The Morgan fingerprint density at radius 3 is 2.93 bits per heavy atom. The lowest BCUT2D eigenvalue weighted by Crippen LogP contribution is -1.98. The molecule has 0 aromatic heterocycles. The predicted octanol–water partition coefficient (Wildman–Crippen LogP) is 2.29. The number of nitrogen functional groups attached to an aromatic ring is 1. The monoisotopic (exact) mass is 215 g/mol. The molecule has 0 amide bonds. The highest BCUT2D eigenvalue weighted by molar-refractivity contribution is 7.98. The fourth-order valence-electron chi connectivity index (χ4n) is 1.04. The second kappa shape index (κ2) is 5.88. The second-order valence-electron chi connectivity index (χ2n) is 2.85. The summed E-state index contributed by atoms with van der Waals surface area (Å²) in [5.41, 5.74) is 6.77. The lowest BCUT2D eigenvalue weighted by Gasteiger charge is -2.06. The molecule has 78 valence electrons. The van der Waals surface area contributed by atoms with E-state index in [4.69, 9.17) is 10.5 Å². The average molecular weight is 215 g/mol. The highest BCUT2D eigenvalue weighted by atomic mass is 32.2. The third kappa shape index (κ3) is 3.20. The zero-order valence-electron chi connectivity index (χ0n) is 8.13. The minimum atomic E-state index is -0.227. The normalized spacial score (nSPS) is 10.4. The number of methoxy groups -OCH3 is 1. The Labute approximate surface area is 87.6 Å². The Hall–Kier alpha value is -0.740. The molecule has 0 atom stereocenters. The molecule has 1 aromatic rings. The number of halogens is 1. The molecule has 0 saturated carbocycles. The van der Waals surface area contributed by atoms with Crippen LogP contribution in [0, 0.1) is 5.82 Å². The molecule has 0 spiro atoms. The first-order valence-electron chi connectivity index (χ1n) is 4.35. The molecule has 0 saturated heterocycles. The van der Waals surface area contributed by atoms with E-state index in [0.717, 1.165) is 5.75 Å². The third-order valence-electron chi connectivity index (χ3n) is 1.83. The van der Waals surface area contributed by atoms with Gasteiger partial charge in [0.2, 0.25) is 0 Å². The molecule has 0 fully saturated rings. The van der Waals surface area contributed by atoms with Gasteiger partial charge in [0.15, 0.2) is 0 Å². The minimum Gasteiger partial charge on any atom is -0.398 e. The van der Waals surface area contributed by atoms with Crippen LogP contribution in [0.4, 0.5) is 10.1 Å². The summed E-state index contributed by atoms with van der Waals surface area (Å²) in [4.78, 5) is 0. The summed E-state index contributed by atoms with van der Waals surface area (Å²) in [7, 11) is 1.65. The van der Waals surface area contributed by atoms with Gasteiger partial charge in [0.25, 0.3) is 0 Å². The molecule has 0 radical (unpaired) electrons. The molecule has 4 heteroatoms. The van der Waals surface area contributed by atoms with E-state index in [9.17, 15) is 4.39 Å². The van der Waals surface area contributed by atoms with Crippen LogP contribution >= 0.6 is 11.8 Å². The summed E-state index contributed by atoms with van der Waals surface area (Å²) in [6.45, 7) is 0.680. The molecule has 1 rings (SSSR count). The third-order valence-corrected chi connectivity index (χ3v) is 2.78.